The van der Waals surface area contributed by atoms with Crippen molar-refractivity contribution >= 4 is 15.9 Å². The van der Waals surface area contributed by atoms with Crippen LogP contribution in [0.2, 0.25) is 0 Å². The number of anilines is 1. The molecule has 2 aliphatic heterocycles. The van der Waals surface area contributed by atoms with E-state index < -0.39 is 16.0 Å². The predicted molar refractivity (Wildman–Crippen MR) is 69.0 cm³/mol. The lowest BCUT2D eigenvalue weighted by Crippen LogP contribution is -2.46. The average molecular weight is 286 g/mol. The molecule has 0 aliphatic carbocycles. The number of benzene rings is 1. The first kappa shape index (κ1) is 12.7. The van der Waals surface area contributed by atoms with Crippen molar-refractivity contribution < 1.29 is 17.5 Å². The Morgan fingerprint density at radius 1 is 1.16 bits per heavy atom. The molecule has 2 aliphatic rings. The number of fused-ring (bicyclic) bond motifs is 1. The summed E-state index contributed by atoms with van der Waals surface area (Å²) < 4.78 is 46.5. The van der Waals surface area contributed by atoms with Gasteiger partial charge in [-0.05, 0) is 25.0 Å². The third-order valence-electron chi connectivity index (χ3n) is 3.41. The zero-order chi connectivity index (χ0) is 13.5. The molecule has 104 valence electrons. The molecule has 0 bridgehead atoms. The summed E-state index contributed by atoms with van der Waals surface area (Å²) in [5.74, 6) is -0.0544. The maximum atomic E-state index is 13.3. The Labute approximate surface area is 111 Å². The quantitative estimate of drug-likeness (QED) is 0.825. The van der Waals surface area contributed by atoms with Gasteiger partial charge in [0.1, 0.15) is 18.2 Å². The molecule has 1 aromatic rings. The van der Waals surface area contributed by atoms with Gasteiger partial charge in [-0.2, -0.15) is 12.7 Å². The highest BCUT2D eigenvalue weighted by atomic mass is 32.2. The molecule has 0 spiro atoms. The van der Waals surface area contributed by atoms with Crippen molar-refractivity contribution in [2.24, 2.45) is 0 Å². The standard InChI is InChI=1S/C12H15FN2O3S/c13-10-3-4-12-11(9-10)15(7-8-18-12)19(16,17)14-5-1-2-6-14/h3-4,9H,1-2,5-8H2. The van der Waals surface area contributed by atoms with E-state index in [0.29, 0.717) is 18.8 Å². The van der Waals surface area contributed by atoms with Crippen LogP contribution in [0.15, 0.2) is 18.2 Å². The minimum Gasteiger partial charge on any atom is -0.489 e. The largest absolute Gasteiger partial charge is 0.489 e. The fourth-order valence-electron chi connectivity index (χ4n) is 2.46. The van der Waals surface area contributed by atoms with Gasteiger partial charge in [-0.25, -0.2) is 4.39 Å². The topological polar surface area (TPSA) is 49.9 Å². The van der Waals surface area contributed by atoms with Crippen LogP contribution in [-0.4, -0.2) is 39.0 Å². The van der Waals surface area contributed by atoms with Gasteiger partial charge >= 0.3 is 10.2 Å². The number of rotatable bonds is 2. The molecule has 0 aromatic heterocycles. The van der Waals surface area contributed by atoms with E-state index in [4.69, 9.17) is 4.74 Å². The van der Waals surface area contributed by atoms with Gasteiger partial charge in [0.15, 0.2) is 0 Å². The smallest absolute Gasteiger partial charge is 0.304 e. The minimum atomic E-state index is -3.57. The van der Waals surface area contributed by atoms with Gasteiger partial charge in [0.2, 0.25) is 0 Å². The van der Waals surface area contributed by atoms with Crippen LogP contribution in [0.25, 0.3) is 0 Å². The first-order valence-electron chi connectivity index (χ1n) is 6.29. The van der Waals surface area contributed by atoms with Crippen molar-refractivity contribution in [1.29, 1.82) is 0 Å². The van der Waals surface area contributed by atoms with Crippen molar-refractivity contribution in [1.82, 2.24) is 4.31 Å². The average Bonchev–Trinajstić information content (AvgIpc) is 2.92. The van der Waals surface area contributed by atoms with Gasteiger partial charge in [0.25, 0.3) is 0 Å². The third kappa shape index (κ3) is 2.17. The van der Waals surface area contributed by atoms with E-state index in [1.165, 1.54) is 26.8 Å². The van der Waals surface area contributed by atoms with E-state index in [9.17, 15) is 12.8 Å². The molecule has 5 nitrogen and oxygen atoms in total. The highest BCUT2D eigenvalue weighted by Crippen LogP contribution is 2.35. The van der Waals surface area contributed by atoms with E-state index in [1.54, 1.807) is 0 Å². The molecule has 19 heavy (non-hydrogen) atoms. The summed E-state index contributed by atoms with van der Waals surface area (Å²) >= 11 is 0. The van der Waals surface area contributed by atoms with Crippen LogP contribution in [0.3, 0.4) is 0 Å². The van der Waals surface area contributed by atoms with Gasteiger partial charge in [-0.3, -0.25) is 4.31 Å². The zero-order valence-electron chi connectivity index (χ0n) is 10.4. The SMILES string of the molecule is O=S(=O)(N1CCCC1)N1CCOc2ccc(F)cc21. The summed E-state index contributed by atoms with van der Waals surface area (Å²) in [4.78, 5) is 0. The second kappa shape index (κ2) is 4.64. The molecular weight excluding hydrogens is 271 g/mol. The highest BCUT2D eigenvalue weighted by molar-refractivity contribution is 7.90. The number of hydrogen-bond acceptors (Lipinski definition) is 3. The first-order valence-corrected chi connectivity index (χ1v) is 7.69. The van der Waals surface area contributed by atoms with Gasteiger partial charge in [0, 0.05) is 19.2 Å². The lowest BCUT2D eigenvalue weighted by molar-refractivity contribution is 0.313. The van der Waals surface area contributed by atoms with Crippen molar-refractivity contribution in [3.8, 4) is 5.75 Å². The zero-order valence-corrected chi connectivity index (χ0v) is 11.2. The fourth-order valence-corrected chi connectivity index (χ4v) is 4.16. The summed E-state index contributed by atoms with van der Waals surface area (Å²) in [6, 6.07) is 3.95. The summed E-state index contributed by atoms with van der Waals surface area (Å²) in [7, 11) is -3.57. The molecule has 0 unspecified atom stereocenters. The molecule has 0 N–H and O–H groups in total. The highest BCUT2D eigenvalue weighted by Gasteiger charge is 2.35. The lowest BCUT2D eigenvalue weighted by atomic mass is 10.2. The number of halogens is 1. The van der Waals surface area contributed by atoms with Crippen LogP contribution >= 0.6 is 0 Å². The van der Waals surface area contributed by atoms with Crippen molar-refractivity contribution in [2.45, 2.75) is 12.8 Å². The van der Waals surface area contributed by atoms with Gasteiger partial charge in [-0.1, -0.05) is 0 Å². The predicted octanol–water partition coefficient (Wildman–Crippen LogP) is 1.37. The molecule has 0 radical (unpaired) electrons. The van der Waals surface area contributed by atoms with Crippen molar-refractivity contribution in [3.63, 3.8) is 0 Å². The number of nitrogens with zero attached hydrogens (tertiary/aromatic N) is 2. The van der Waals surface area contributed by atoms with E-state index in [-0.39, 0.29) is 18.8 Å². The van der Waals surface area contributed by atoms with Crippen molar-refractivity contribution in [2.75, 3.05) is 30.5 Å². The Morgan fingerprint density at radius 2 is 1.89 bits per heavy atom. The summed E-state index contributed by atoms with van der Waals surface area (Å²) in [6.07, 6.45) is 1.75. The Bertz CT molecular complexity index is 585. The van der Waals surface area contributed by atoms with E-state index in [1.807, 2.05) is 0 Å². The van der Waals surface area contributed by atoms with Crippen LogP contribution in [-0.2, 0) is 10.2 Å². The van der Waals surface area contributed by atoms with E-state index >= 15 is 0 Å². The van der Waals surface area contributed by atoms with E-state index in [0.717, 1.165) is 12.8 Å². The van der Waals surface area contributed by atoms with Gasteiger partial charge in [0.05, 0.1) is 12.2 Å². The molecule has 1 saturated heterocycles. The Kier molecular flexibility index (Phi) is 3.10. The molecule has 1 aromatic carbocycles. The van der Waals surface area contributed by atoms with Crippen molar-refractivity contribution in [3.05, 3.63) is 24.0 Å². The molecule has 0 atom stereocenters. The normalized spacial score (nSPS) is 20.2. The Balaban J connectivity index is 2.01. The number of hydrogen-bond donors (Lipinski definition) is 0. The number of ether oxygens (including phenoxy) is 1. The molecule has 3 rings (SSSR count). The summed E-state index contributed by atoms with van der Waals surface area (Å²) in [5, 5.41) is 0. The molecule has 1 fully saturated rings. The monoisotopic (exact) mass is 286 g/mol. The maximum Gasteiger partial charge on any atom is 0.304 e. The van der Waals surface area contributed by atoms with Crippen LogP contribution in [0.4, 0.5) is 10.1 Å². The maximum absolute atomic E-state index is 13.3. The second-order valence-corrected chi connectivity index (χ2v) is 6.50. The van der Waals surface area contributed by atoms with Gasteiger partial charge in [-0.15, -0.1) is 0 Å². The second-order valence-electron chi connectivity index (χ2n) is 4.65. The van der Waals surface area contributed by atoms with Gasteiger partial charge < -0.3 is 4.74 Å². The summed E-state index contributed by atoms with van der Waals surface area (Å²) in [6.45, 7) is 1.57. The fraction of sp³-hybridized carbons (Fsp3) is 0.500. The van der Waals surface area contributed by atoms with Crippen LogP contribution in [0.5, 0.6) is 5.75 Å². The summed E-state index contributed by atoms with van der Waals surface area (Å²) in [5.41, 5.74) is 0.290. The third-order valence-corrected chi connectivity index (χ3v) is 5.37. The first-order chi connectivity index (χ1) is 9.09. The molecule has 0 amide bonds. The van der Waals surface area contributed by atoms with Crippen LogP contribution < -0.4 is 9.04 Å². The molecule has 0 saturated carbocycles. The Hall–Kier alpha value is -1.34. The Morgan fingerprint density at radius 3 is 2.63 bits per heavy atom. The minimum absolute atomic E-state index is 0.218. The van der Waals surface area contributed by atoms with Crippen LogP contribution in [0, 0.1) is 5.82 Å². The molecular formula is C12H15FN2O3S. The van der Waals surface area contributed by atoms with E-state index in [2.05, 4.69) is 0 Å². The molecule has 2 heterocycles. The lowest BCUT2D eigenvalue weighted by Gasteiger charge is -2.33. The van der Waals surface area contributed by atoms with Crippen LogP contribution in [0.1, 0.15) is 12.8 Å². The molecule has 7 heteroatoms.